The number of thioether (sulfide) groups is 1. The topological polar surface area (TPSA) is 66.5 Å². The Hall–Kier alpha value is -1.70. The fourth-order valence-electron chi connectivity index (χ4n) is 2.58. The summed E-state index contributed by atoms with van der Waals surface area (Å²) in [7, 11) is -3.55. The fourth-order valence-corrected chi connectivity index (χ4v) is 4.54. The molecule has 5 nitrogen and oxygen atoms in total. The Labute approximate surface area is 176 Å². The van der Waals surface area contributed by atoms with Gasteiger partial charge in [-0.15, -0.1) is 0 Å². The molecule has 0 aliphatic heterocycles. The Morgan fingerprint density at radius 2 is 1.82 bits per heavy atom. The zero-order valence-electron chi connectivity index (χ0n) is 16.0. The van der Waals surface area contributed by atoms with Gasteiger partial charge in [-0.3, -0.25) is 9.10 Å². The van der Waals surface area contributed by atoms with E-state index in [1.807, 2.05) is 43.3 Å². The van der Waals surface area contributed by atoms with Gasteiger partial charge < -0.3 is 5.32 Å². The van der Waals surface area contributed by atoms with Gasteiger partial charge in [0.2, 0.25) is 15.9 Å². The van der Waals surface area contributed by atoms with Crippen LogP contribution in [0.2, 0.25) is 5.02 Å². The minimum Gasteiger partial charge on any atom is -0.354 e. The van der Waals surface area contributed by atoms with Gasteiger partial charge in [-0.25, -0.2) is 8.42 Å². The number of aryl methyl sites for hydroxylation is 1. The minimum atomic E-state index is -3.55. The molecule has 0 bridgehead atoms. The highest BCUT2D eigenvalue weighted by Gasteiger charge is 2.21. The van der Waals surface area contributed by atoms with Crippen LogP contribution >= 0.6 is 23.4 Å². The normalized spacial score (nSPS) is 11.2. The average Bonchev–Trinajstić information content (AvgIpc) is 2.64. The Kier molecular flexibility index (Phi) is 8.66. The molecule has 2 aromatic carbocycles. The number of nitrogens with zero attached hydrogens (tertiary/aromatic N) is 1. The van der Waals surface area contributed by atoms with E-state index in [1.165, 1.54) is 5.56 Å². The molecule has 0 fully saturated rings. The summed E-state index contributed by atoms with van der Waals surface area (Å²) in [5.41, 5.74) is 2.54. The maximum atomic E-state index is 12.2. The number of rotatable bonds is 10. The van der Waals surface area contributed by atoms with Gasteiger partial charge in [0.15, 0.2) is 0 Å². The second-order valence-corrected chi connectivity index (χ2v) is 9.89. The first-order valence-electron chi connectivity index (χ1n) is 8.89. The largest absolute Gasteiger partial charge is 0.354 e. The molecule has 1 amide bonds. The van der Waals surface area contributed by atoms with E-state index in [9.17, 15) is 13.2 Å². The van der Waals surface area contributed by atoms with Crippen molar-refractivity contribution < 1.29 is 13.2 Å². The first kappa shape index (κ1) is 22.6. The van der Waals surface area contributed by atoms with E-state index < -0.39 is 10.0 Å². The molecule has 0 saturated heterocycles. The summed E-state index contributed by atoms with van der Waals surface area (Å²) in [5, 5.41) is 3.53. The van der Waals surface area contributed by atoms with Crippen molar-refractivity contribution in [2.75, 3.05) is 29.4 Å². The molecule has 0 heterocycles. The highest BCUT2D eigenvalue weighted by molar-refractivity contribution is 7.98. The van der Waals surface area contributed by atoms with Crippen molar-refractivity contribution >= 4 is 45.0 Å². The molecular weight excluding hydrogens is 416 g/mol. The molecule has 8 heteroatoms. The van der Waals surface area contributed by atoms with Crippen LogP contribution in [0.25, 0.3) is 0 Å². The Morgan fingerprint density at radius 3 is 2.46 bits per heavy atom. The van der Waals surface area contributed by atoms with Crippen LogP contribution in [0.15, 0.2) is 48.5 Å². The summed E-state index contributed by atoms with van der Waals surface area (Å²) in [6, 6.07) is 14.9. The van der Waals surface area contributed by atoms with Crippen LogP contribution in [0.1, 0.15) is 17.5 Å². The van der Waals surface area contributed by atoms with E-state index in [1.54, 1.807) is 23.9 Å². The lowest BCUT2D eigenvalue weighted by Crippen LogP contribution is -2.41. The summed E-state index contributed by atoms with van der Waals surface area (Å²) < 4.78 is 25.4. The van der Waals surface area contributed by atoms with Gasteiger partial charge in [-0.1, -0.05) is 41.9 Å². The quantitative estimate of drug-likeness (QED) is 0.570. The van der Waals surface area contributed by atoms with Crippen LogP contribution in [0, 0.1) is 6.92 Å². The van der Waals surface area contributed by atoms with E-state index in [0.717, 1.165) is 39.1 Å². The summed E-state index contributed by atoms with van der Waals surface area (Å²) in [6.07, 6.45) is 1.92. The fraction of sp³-hybridized carbons (Fsp3) is 0.350. The van der Waals surface area contributed by atoms with Crippen LogP contribution in [0.3, 0.4) is 0 Å². The van der Waals surface area contributed by atoms with Crippen LogP contribution < -0.4 is 9.62 Å². The van der Waals surface area contributed by atoms with E-state index >= 15 is 0 Å². The lowest BCUT2D eigenvalue weighted by Gasteiger charge is -2.23. The number of sulfonamides is 1. The molecule has 0 saturated carbocycles. The SMILES string of the molecule is Cc1ccccc1N(CC(=O)NCCCSCc1ccc(Cl)cc1)S(C)(=O)=O. The lowest BCUT2D eigenvalue weighted by atomic mass is 10.2. The van der Waals surface area contributed by atoms with Crippen LogP contribution in [0.4, 0.5) is 5.69 Å². The smallest absolute Gasteiger partial charge is 0.240 e. The molecule has 0 radical (unpaired) electrons. The number of halogens is 1. The third kappa shape index (κ3) is 7.37. The van der Waals surface area contributed by atoms with Gasteiger partial charge in [-0.2, -0.15) is 11.8 Å². The predicted octanol–water partition coefficient (Wildman–Crippen LogP) is 3.85. The Balaban J connectivity index is 1.76. The summed E-state index contributed by atoms with van der Waals surface area (Å²) in [4.78, 5) is 12.2. The van der Waals surface area contributed by atoms with Crippen LogP contribution in [-0.2, 0) is 20.6 Å². The molecule has 0 unspecified atom stereocenters. The van der Waals surface area contributed by atoms with Crippen molar-refractivity contribution in [3.63, 3.8) is 0 Å². The van der Waals surface area contributed by atoms with Crippen molar-refractivity contribution in [1.29, 1.82) is 0 Å². The van der Waals surface area contributed by atoms with E-state index in [-0.39, 0.29) is 12.5 Å². The molecule has 1 N–H and O–H groups in total. The van der Waals surface area contributed by atoms with Crippen molar-refractivity contribution in [2.45, 2.75) is 19.1 Å². The summed E-state index contributed by atoms with van der Waals surface area (Å²) in [5.74, 6) is 1.48. The van der Waals surface area contributed by atoms with E-state index in [2.05, 4.69) is 5.32 Å². The Bertz CT molecular complexity index is 887. The molecule has 2 rings (SSSR count). The van der Waals surface area contributed by atoms with Gasteiger partial charge in [0.05, 0.1) is 11.9 Å². The lowest BCUT2D eigenvalue weighted by molar-refractivity contribution is -0.119. The zero-order valence-corrected chi connectivity index (χ0v) is 18.4. The van der Waals surface area contributed by atoms with Crippen molar-refractivity contribution in [2.24, 2.45) is 0 Å². The maximum Gasteiger partial charge on any atom is 0.240 e. The van der Waals surface area contributed by atoms with Crippen molar-refractivity contribution in [1.82, 2.24) is 5.32 Å². The first-order chi connectivity index (χ1) is 13.3. The predicted molar refractivity (Wildman–Crippen MR) is 119 cm³/mol. The number of nitrogens with one attached hydrogen (secondary N) is 1. The monoisotopic (exact) mass is 440 g/mol. The molecule has 2 aromatic rings. The third-order valence-corrected chi connectivity index (χ3v) is 6.53. The Morgan fingerprint density at radius 1 is 1.14 bits per heavy atom. The number of benzene rings is 2. The van der Waals surface area contributed by atoms with Crippen molar-refractivity contribution in [3.8, 4) is 0 Å². The zero-order chi connectivity index (χ0) is 20.6. The molecule has 0 aliphatic rings. The molecule has 28 heavy (non-hydrogen) atoms. The maximum absolute atomic E-state index is 12.2. The molecule has 0 aromatic heterocycles. The van der Waals surface area contributed by atoms with E-state index in [4.69, 9.17) is 11.6 Å². The third-order valence-electron chi connectivity index (χ3n) is 4.04. The standard InChI is InChI=1S/C20H25ClN2O3S2/c1-16-6-3-4-7-19(16)23(28(2,25)26)14-20(24)22-12-5-13-27-15-17-8-10-18(21)11-9-17/h3-4,6-11H,5,12-15H2,1-2H3,(H,22,24). The van der Waals surface area contributed by atoms with Crippen LogP contribution in [0.5, 0.6) is 0 Å². The minimum absolute atomic E-state index is 0.221. The molecule has 0 aliphatic carbocycles. The second-order valence-electron chi connectivity index (χ2n) is 6.44. The van der Waals surface area contributed by atoms with Gasteiger partial charge in [0.1, 0.15) is 6.54 Å². The number of carbonyl (C=O) groups excluding carboxylic acids is 1. The molecule has 0 spiro atoms. The molecule has 0 atom stereocenters. The van der Waals surface area contributed by atoms with Crippen molar-refractivity contribution in [3.05, 3.63) is 64.7 Å². The van der Waals surface area contributed by atoms with Gasteiger partial charge in [0, 0.05) is 17.3 Å². The van der Waals surface area contributed by atoms with Gasteiger partial charge >= 0.3 is 0 Å². The number of amides is 1. The average molecular weight is 441 g/mol. The number of anilines is 1. The summed E-state index contributed by atoms with van der Waals surface area (Å²) in [6.45, 7) is 2.11. The number of hydrogen-bond donors (Lipinski definition) is 1. The summed E-state index contributed by atoms with van der Waals surface area (Å²) >= 11 is 7.65. The number of hydrogen-bond acceptors (Lipinski definition) is 4. The van der Waals surface area contributed by atoms with E-state index in [0.29, 0.717) is 12.2 Å². The number of para-hydroxylation sites is 1. The van der Waals surface area contributed by atoms with Gasteiger partial charge in [0.25, 0.3) is 0 Å². The first-order valence-corrected chi connectivity index (χ1v) is 12.3. The highest BCUT2D eigenvalue weighted by atomic mass is 35.5. The molecular formula is C20H25ClN2O3S2. The number of carbonyl (C=O) groups is 1. The van der Waals surface area contributed by atoms with Crippen LogP contribution in [-0.4, -0.2) is 39.4 Å². The molecule has 152 valence electrons. The van der Waals surface area contributed by atoms with Gasteiger partial charge in [-0.05, 0) is 48.4 Å². The highest BCUT2D eigenvalue weighted by Crippen LogP contribution is 2.21. The second kappa shape index (κ2) is 10.7.